The maximum atomic E-state index is 12.9. The number of fused-ring (bicyclic) bond motifs is 1. The molecule has 0 radical (unpaired) electrons. The van der Waals surface area contributed by atoms with E-state index < -0.39 is 5.97 Å². The number of hydrogen-bond donors (Lipinski definition) is 0. The molecule has 0 aliphatic carbocycles. The van der Waals surface area contributed by atoms with Crippen molar-refractivity contribution < 1.29 is 18.7 Å². The topological polar surface area (TPSA) is 65.7 Å². The Morgan fingerprint density at radius 2 is 1.96 bits per heavy atom. The van der Waals surface area contributed by atoms with E-state index in [1.54, 1.807) is 6.92 Å². The monoisotopic (exact) mass is 372 g/mol. The fourth-order valence-electron chi connectivity index (χ4n) is 2.67. The first kappa shape index (κ1) is 18.0. The van der Waals surface area contributed by atoms with Gasteiger partial charge >= 0.3 is 5.97 Å². The summed E-state index contributed by atoms with van der Waals surface area (Å²) in [6, 6.07) is 10.6. The quantitative estimate of drug-likeness (QED) is 0.622. The molecule has 6 heteroatoms. The minimum atomic E-state index is -0.486. The van der Waals surface area contributed by atoms with Gasteiger partial charge in [-0.1, -0.05) is 35.9 Å². The van der Waals surface area contributed by atoms with Crippen molar-refractivity contribution in [3.8, 4) is 16.9 Å². The summed E-state index contributed by atoms with van der Waals surface area (Å²) < 4.78 is 15.8. The molecular formula is C20H17ClO5. The predicted octanol–water partition coefficient (Wildman–Crippen LogP) is 4.36. The van der Waals surface area contributed by atoms with Crippen molar-refractivity contribution in [2.45, 2.75) is 13.8 Å². The average molecular weight is 373 g/mol. The molecule has 0 atom stereocenters. The number of carbonyl (C=O) groups is 1. The molecule has 0 aliphatic heterocycles. The van der Waals surface area contributed by atoms with Gasteiger partial charge in [-0.3, -0.25) is 4.79 Å². The van der Waals surface area contributed by atoms with Crippen molar-refractivity contribution in [2.24, 2.45) is 0 Å². The van der Waals surface area contributed by atoms with Crippen LogP contribution in [0.2, 0.25) is 5.02 Å². The lowest BCUT2D eigenvalue weighted by Crippen LogP contribution is -2.14. The molecule has 0 unspecified atom stereocenters. The third-order valence-corrected chi connectivity index (χ3v) is 4.20. The zero-order chi connectivity index (χ0) is 18.7. The van der Waals surface area contributed by atoms with Gasteiger partial charge in [0.15, 0.2) is 6.61 Å². The van der Waals surface area contributed by atoms with Gasteiger partial charge in [0.2, 0.25) is 5.43 Å². The van der Waals surface area contributed by atoms with Crippen LogP contribution in [0.5, 0.6) is 5.75 Å². The Morgan fingerprint density at radius 1 is 1.19 bits per heavy atom. The van der Waals surface area contributed by atoms with Gasteiger partial charge in [-0.05, 0) is 31.0 Å². The summed E-state index contributed by atoms with van der Waals surface area (Å²) in [5.41, 5.74) is 2.27. The summed E-state index contributed by atoms with van der Waals surface area (Å²) in [5, 5.41) is 0.474. The van der Waals surface area contributed by atoms with E-state index >= 15 is 0 Å². The molecule has 3 rings (SSSR count). The zero-order valence-corrected chi connectivity index (χ0v) is 15.1. The molecular weight excluding hydrogens is 356 g/mol. The largest absolute Gasteiger partial charge is 0.482 e. The van der Waals surface area contributed by atoms with E-state index in [-0.39, 0.29) is 29.1 Å². The van der Waals surface area contributed by atoms with E-state index in [9.17, 15) is 9.59 Å². The van der Waals surface area contributed by atoms with Crippen molar-refractivity contribution in [3.63, 3.8) is 0 Å². The van der Waals surface area contributed by atoms with Crippen LogP contribution in [0.3, 0.4) is 0 Å². The molecule has 0 amide bonds. The first-order chi connectivity index (χ1) is 12.5. The van der Waals surface area contributed by atoms with E-state index in [1.165, 1.54) is 18.4 Å². The fraction of sp³-hybridized carbons (Fsp3) is 0.200. The average Bonchev–Trinajstić information content (AvgIpc) is 2.61. The van der Waals surface area contributed by atoms with Crippen LogP contribution in [-0.2, 0) is 9.53 Å². The number of carbonyl (C=O) groups excluding carboxylic acids is 1. The third kappa shape index (κ3) is 3.58. The van der Waals surface area contributed by atoms with Crippen LogP contribution in [0.15, 0.2) is 51.9 Å². The Morgan fingerprint density at radius 3 is 2.69 bits per heavy atom. The van der Waals surface area contributed by atoms with E-state index in [0.29, 0.717) is 16.9 Å². The van der Waals surface area contributed by atoms with Gasteiger partial charge in [0.25, 0.3) is 0 Å². The van der Waals surface area contributed by atoms with Gasteiger partial charge < -0.3 is 13.9 Å². The van der Waals surface area contributed by atoms with Gasteiger partial charge in [0.05, 0.1) is 22.6 Å². The first-order valence-electron chi connectivity index (χ1n) is 8.10. The Labute approximate surface area is 155 Å². The molecule has 5 nitrogen and oxygen atoms in total. The molecule has 2 aromatic carbocycles. The number of benzene rings is 2. The van der Waals surface area contributed by atoms with Crippen LogP contribution < -0.4 is 10.2 Å². The number of rotatable bonds is 5. The normalized spacial score (nSPS) is 10.7. The van der Waals surface area contributed by atoms with E-state index in [0.717, 1.165) is 11.1 Å². The molecule has 134 valence electrons. The number of hydrogen-bond acceptors (Lipinski definition) is 5. The second-order valence-electron chi connectivity index (χ2n) is 5.67. The Bertz CT molecular complexity index is 1020. The molecule has 0 bridgehead atoms. The van der Waals surface area contributed by atoms with Gasteiger partial charge in [-0.2, -0.15) is 0 Å². The highest BCUT2D eigenvalue weighted by atomic mass is 35.5. The first-order valence-corrected chi connectivity index (χ1v) is 8.48. The Balaban J connectivity index is 2.01. The fourth-order valence-corrected chi connectivity index (χ4v) is 2.96. The molecule has 0 saturated carbocycles. The third-order valence-electron chi connectivity index (χ3n) is 3.90. The van der Waals surface area contributed by atoms with E-state index in [2.05, 4.69) is 0 Å². The van der Waals surface area contributed by atoms with Crippen molar-refractivity contribution in [2.75, 3.05) is 13.2 Å². The predicted molar refractivity (Wildman–Crippen MR) is 99.8 cm³/mol. The highest BCUT2D eigenvalue weighted by Crippen LogP contribution is 2.30. The smallest absolute Gasteiger partial charge is 0.344 e. The SMILES string of the molecule is CCOC(=O)COc1cc(Cl)c2c(=O)c(-c3ccccc3C)coc2c1. The number of esters is 1. The van der Waals surface area contributed by atoms with Crippen molar-refractivity contribution >= 4 is 28.5 Å². The van der Waals surface area contributed by atoms with Crippen molar-refractivity contribution in [1.29, 1.82) is 0 Å². The van der Waals surface area contributed by atoms with Crippen LogP contribution >= 0.6 is 11.6 Å². The van der Waals surface area contributed by atoms with Crippen LogP contribution in [0.4, 0.5) is 0 Å². The lowest BCUT2D eigenvalue weighted by atomic mass is 10.0. The number of ether oxygens (including phenoxy) is 2. The molecule has 0 N–H and O–H groups in total. The summed E-state index contributed by atoms with van der Waals surface area (Å²) in [4.78, 5) is 24.3. The molecule has 0 aliphatic rings. The van der Waals surface area contributed by atoms with Crippen LogP contribution in [-0.4, -0.2) is 19.2 Å². The van der Waals surface area contributed by atoms with Gasteiger partial charge in [0, 0.05) is 6.07 Å². The molecule has 1 heterocycles. The van der Waals surface area contributed by atoms with Gasteiger partial charge in [-0.15, -0.1) is 0 Å². The second-order valence-corrected chi connectivity index (χ2v) is 6.07. The van der Waals surface area contributed by atoms with Gasteiger partial charge in [0.1, 0.15) is 17.6 Å². The number of halogens is 1. The maximum Gasteiger partial charge on any atom is 0.344 e. The second kappa shape index (κ2) is 7.62. The van der Waals surface area contributed by atoms with Crippen LogP contribution in [0, 0.1) is 6.92 Å². The summed E-state index contributed by atoms with van der Waals surface area (Å²) in [7, 11) is 0. The van der Waals surface area contributed by atoms with E-state index in [4.69, 9.17) is 25.5 Å². The molecule has 3 aromatic rings. The summed E-state index contributed by atoms with van der Waals surface area (Å²) in [6.45, 7) is 3.66. The Hall–Kier alpha value is -2.79. The standard InChI is InChI=1S/C20H17ClO5/c1-3-24-18(22)11-25-13-8-16(21)19-17(9-13)26-10-15(20(19)23)14-7-5-4-6-12(14)2/h4-10H,3,11H2,1-2H3. The van der Waals surface area contributed by atoms with Gasteiger partial charge in [-0.25, -0.2) is 4.79 Å². The van der Waals surface area contributed by atoms with E-state index in [1.807, 2.05) is 31.2 Å². The summed E-state index contributed by atoms with van der Waals surface area (Å²) in [5.74, 6) is -0.164. The highest BCUT2D eigenvalue weighted by Gasteiger charge is 2.15. The minimum absolute atomic E-state index is 0.200. The molecule has 1 aromatic heterocycles. The lowest BCUT2D eigenvalue weighted by Gasteiger charge is -2.09. The Kier molecular flexibility index (Phi) is 5.28. The zero-order valence-electron chi connectivity index (χ0n) is 14.4. The summed E-state index contributed by atoms with van der Waals surface area (Å²) in [6.07, 6.45) is 1.42. The molecule has 0 saturated heterocycles. The van der Waals surface area contributed by atoms with Crippen LogP contribution in [0.1, 0.15) is 12.5 Å². The lowest BCUT2D eigenvalue weighted by molar-refractivity contribution is -0.145. The molecule has 0 fully saturated rings. The molecule has 0 spiro atoms. The van der Waals surface area contributed by atoms with Crippen LogP contribution in [0.25, 0.3) is 22.1 Å². The minimum Gasteiger partial charge on any atom is -0.482 e. The highest BCUT2D eigenvalue weighted by molar-refractivity contribution is 6.35. The molecule has 26 heavy (non-hydrogen) atoms. The number of aryl methyl sites for hydroxylation is 1. The van der Waals surface area contributed by atoms with Crippen molar-refractivity contribution in [1.82, 2.24) is 0 Å². The van der Waals surface area contributed by atoms with Crippen molar-refractivity contribution in [3.05, 3.63) is 63.5 Å². The maximum absolute atomic E-state index is 12.9. The summed E-state index contributed by atoms with van der Waals surface area (Å²) >= 11 is 6.29.